The third-order valence-corrected chi connectivity index (χ3v) is 7.84. The summed E-state index contributed by atoms with van der Waals surface area (Å²) in [6, 6.07) is 21.3. The molecule has 2 N–H and O–H groups in total. The minimum Gasteiger partial charge on any atom is -0.443 e. The molecule has 2 aromatic carbocycles. The van der Waals surface area contributed by atoms with E-state index in [1.807, 2.05) is 41.1 Å². The fraction of sp³-hybridized carbons (Fsp3) is 0.0968. The molecule has 212 valence electrons. The summed E-state index contributed by atoms with van der Waals surface area (Å²) in [5.74, 6) is 0.673. The highest BCUT2D eigenvalue weighted by Crippen LogP contribution is 2.30. The number of fused-ring (bicyclic) bond motifs is 1. The minimum absolute atomic E-state index is 0.301. The predicted octanol–water partition coefficient (Wildman–Crippen LogP) is 6.18. The molecule has 0 atom stereocenters. The van der Waals surface area contributed by atoms with Gasteiger partial charge in [-0.15, -0.1) is 11.3 Å². The van der Waals surface area contributed by atoms with E-state index in [0.29, 0.717) is 52.0 Å². The quantitative estimate of drug-likeness (QED) is 0.216. The fourth-order valence-electron chi connectivity index (χ4n) is 4.52. The molecule has 0 aliphatic heterocycles. The largest absolute Gasteiger partial charge is 0.443 e. The summed E-state index contributed by atoms with van der Waals surface area (Å²) < 4.78 is 7.30. The normalized spacial score (nSPS) is 10.8. The van der Waals surface area contributed by atoms with Crippen LogP contribution in [-0.2, 0) is 13.0 Å². The Labute approximate surface area is 250 Å². The summed E-state index contributed by atoms with van der Waals surface area (Å²) >= 11 is 1.29. The number of imidazole rings is 1. The van der Waals surface area contributed by atoms with Gasteiger partial charge in [-0.3, -0.25) is 20.0 Å². The topological polar surface area (TPSA) is 142 Å². The molecule has 0 saturated heterocycles. The Bertz CT molecular complexity index is 1960. The Hall–Kier alpha value is -5.80. The average molecular weight is 589 g/mol. The van der Waals surface area contributed by atoms with Crippen LogP contribution in [0.3, 0.4) is 0 Å². The summed E-state index contributed by atoms with van der Waals surface area (Å²) in [4.78, 5) is 41.9. The number of anilines is 3. The smallest absolute Gasteiger partial charge is 0.326 e. The highest BCUT2D eigenvalue weighted by atomic mass is 32.1. The van der Waals surface area contributed by atoms with Crippen molar-refractivity contribution in [3.05, 3.63) is 108 Å². The molecule has 12 heteroatoms. The molecule has 0 fully saturated rings. The van der Waals surface area contributed by atoms with Gasteiger partial charge in [-0.2, -0.15) is 5.26 Å². The van der Waals surface area contributed by atoms with Gasteiger partial charge in [0.15, 0.2) is 12.2 Å². The molecule has 6 aromatic rings. The van der Waals surface area contributed by atoms with Crippen LogP contribution in [0.2, 0.25) is 0 Å². The summed E-state index contributed by atoms with van der Waals surface area (Å²) in [6.07, 6.45) is 7.16. The number of benzene rings is 2. The van der Waals surface area contributed by atoms with E-state index in [1.54, 1.807) is 55.8 Å². The zero-order valence-electron chi connectivity index (χ0n) is 22.9. The average Bonchev–Trinajstić information content (AvgIpc) is 3.80. The molecular formula is C31H24N8O3S. The number of aryl methyl sites for hydroxylation is 2. The molecule has 11 nitrogen and oxygen atoms in total. The molecule has 0 spiro atoms. The third kappa shape index (κ3) is 5.97. The van der Waals surface area contributed by atoms with Crippen molar-refractivity contribution in [3.63, 3.8) is 0 Å². The lowest BCUT2D eigenvalue weighted by Gasteiger charge is -2.18. The number of urea groups is 1. The molecule has 0 aliphatic carbocycles. The molecule has 6 rings (SSSR count). The molecule has 3 amide bonds. The Morgan fingerprint density at radius 1 is 1.05 bits per heavy atom. The molecule has 0 bridgehead atoms. The number of amides is 3. The van der Waals surface area contributed by atoms with Gasteiger partial charge in [-0.05, 0) is 66.6 Å². The van der Waals surface area contributed by atoms with Gasteiger partial charge in [0.2, 0.25) is 5.95 Å². The van der Waals surface area contributed by atoms with Crippen molar-refractivity contribution in [2.24, 2.45) is 0 Å². The van der Waals surface area contributed by atoms with Gasteiger partial charge in [0.1, 0.15) is 0 Å². The summed E-state index contributed by atoms with van der Waals surface area (Å²) in [5.41, 5.74) is 4.02. The highest BCUT2D eigenvalue weighted by Gasteiger charge is 2.19. The maximum Gasteiger partial charge on any atom is 0.326 e. The van der Waals surface area contributed by atoms with Crippen molar-refractivity contribution in [3.8, 4) is 16.7 Å². The second-order valence-electron chi connectivity index (χ2n) is 9.54. The van der Waals surface area contributed by atoms with Crippen molar-refractivity contribution in [1.29, 1.82) is 5.26 Å². The van der Waals surface area contributed by atoms with Crippen LogP contribution in [0.1, 0.15) is 20.8 Å². The monoisotopic (exact) mass is 588 g/mol. The van der Waals surface area contributed by atoms with Gasteiger partial charge in [-0.1, -0.05) is 12.1 Å². The number of hydrogen-bond donors (Lipinski definition) is 2. The van der Waals surface area contributed by atoms with E-state index in [9.17, 15) is 9.59 Å². The number of oxazole rings is 1. The first-order valence-corrected chi connectivity index (χ1v) is 14.0. The lowest BCUT2D eigenvalue weighted by molar-refractivity contribution is 0.102. The van der Waals surface area contributed by atoms with Crippen molar-refractivity contribution in [2.75, 3.05) is 22.6 Å². The summed E-state index contributed by atoms with van der Waals surface area (Å²) in [7, 11) is 1.65. The molecule has 0 aliphatic rings. The lowest BCUT2D eigenvalue weighted by atomic mass is 10.2. The molecule has 4 heterocycles. The van der Waals surface area contributed by atoms with Gasteiger partial charge < -0.3 is 14.3 Å². The first-order chi connectivity index (χ1) is 21.0. The van der Waals surface area contributed by atoms with Crippen LogP contribution >= 0.6 is 11.3 Å². The zero-order valence-corrected chi connectivity index (χ0v) is 23.7. The van der Waals surface area contributed by atoms with Gasteiger partial charge >= 0.3 is 6.03 Å². The third-order valence-electron chi connectivity index (χ3n) is 6.74. The van der Waals surface area contributed by atoms with Gasteiger partial charge in [0.05, 0.1) is 38.6 Å². The van der Waals surface area contributed by atoms with E-state index in [-0.39, 0.29) is 11.9 Å². The standard InChI is InChI=1S/C31H24N8O3S/c1-38(31(41)35-22-6-2-4-21(14-22)16-32)23-7-8-25-24(15-23)36-30(39(25)13-11-20-5-3-12-33-17-20)37-29(40)28-10-9-27(43-28)26-18-34-19-42-26/h2-10,12,14-15,17-19H,11,13H2,1H3,(H,35,41)(H,36,37,40). The van der Waals surface area contributed by atoms with Crippen molar-refractivity contribution in [2.45, 2.75) is 13.0 Å². The first-order valence-electron chi connectivity index (χ1n) is 13.2. The van der Waals surface area contributed by atoms with Crippen LogP contribution in [0, 0.1) is 11.3 Å². The number of carbonyl (C=O) groups excluding carboxylic acids is 2. The number of hydrogen-bond acceptors (Lipinski definition) is 8. The number of nitriles is 1. The van der Waals surface area contributed by atoms with E-state index in [1.165, 1.54) is 22.6 Å². The molecule has 43 heavy (non-hydrogen) atoms. The number of nitrogens with zero attached hydrogens (tertiary/aromatic N) is 6. The van der Waals surface area contributed by atoms with Crippen LogP contribution in [0.4, 0.5) is 22.1 Å². The number of carbonyl (C=O) groups is 2. The van der Waals surface area contributed by atoms with Gasteiger partial charge in [-0.25, -0.2) is 14.8 Å². The predicted molar refractivity (Wildman–Crippen MR) is 164 cm³/mol. The van der Waals surface area contributed by atoms with E-state index < -0.39 is 0 Å². The molecule has 4 aromatic heterocycles. The Balaban J connectivity index is 1.27. The van der Waals surface area contributed by atoms with Crippen LogP contribution in [0.15, 0.2) is 96.1 Å². The second kappa shape index (κ2) is 12.0. The van der Waals surface area contributed by atoms with Gasteiger partial charge in [0, 0.05) is 37.4 Å². The SMILES string of the molecule is CN(C(=O)Nc1cccc(C#N)c1)c1ccc2c(c1)nc(NC(=O)c1ccc(-c3cnco3)s1)n2CCc1cccnc1. The van der Waals surface area contributed by atoms with E-state index >= 15 is 0 Å². The van der Waals surface area contributed by atoms with Crippen molar-refractivity contribution in [1.82, 2.24) is 19.5 Å². The summed E-state index contributed by atoms with van der Waals surface area (Å²) in [5, 5.41) is 14.9. The maximum atomic E-state index is 13.3. The van der Waals surface area contributed by atoms with E-state index in [0.717, 1.165) is 16.0 Å². The highest BCUT2D eigenvalue weighted by molar-refractivity contribution is 7.17. The fourth-order valence-corrected chi connectivity index (χ4v) is 5.37. The van der Waals surface area contributed by atoms with E-state index in [4.69, 9.17) is 14.7 Å². The minimum atomic E-state index is -0.376. The second-order valence-corrected chi connectivity index (χ2v) is 10.6. The van der Waals surface area contributed by atoms with Crippen LogP contribution < -0.4 is 15.5 Å². The first kappa shape index (κ1) is 27.4. The lowest BCUT2D eigenvalue weighted by Crippen LogP contribution is -2.31. The van der Waals surface area contributed by atoms with Gasteiger partial charge in [0.25, 0.3) is 5.91 Å². The van der Waals surface area contributed by atoms with Crippen molar-refractivity contribution < 1.29 is 14.0 Å². The summed E-state index contributed by atoms with van der Waals surface area (Å²) in [6.45, 7) is 0.538. The van der Waals surface area contributed by atoms with Crippen LogP contribution in [-0.4, -0.2) is 38.5 Å². The van der Waals surface area contributed by atoms with Crippen LogP contribution in [0.25, 0.3) is 21.7 Å². The Morgan fingerprint density at radius 2 is 1.95 bits per heavy atom. The number of rotatable bonds is 8. The number of pyridine rings is 1. The number of nitrogens with one attached hydrogen (secondary N) is 2. The number of aromatic nitrogens is 4. The number of thiophene rings is 1. The molecule has 0 unspecified atom stereocenters. The zero-order chi connectivity index (χ0) is 29.8. The van der Waals surface area contributed by atoms with E-state index in [2.05, 4.69) is 26.7 Å². The Kier molecular flexibility index (Phi) is 7.62. The molecule has 0 saturated carbocycles. The molecule has 0 radical (unpaired) electrons. The molecular weight excluding hydrogens is 564 g/mol. The van der Waals surface area contributed by atoms with Crippen LogP contribution in [0.5, 0.6) is 0 Å². The maximum absolute atomic E-state index is 13.3. The van der Waals surface area contributed by atoms with Crippen molar-refractivity contribution >= 4 is 51.6 Å². The Morgan fingerprint density at radius 3 is 2.74 bits per heavy atom.